The predicted molar refractivity (Wildman–Crippen MR) is 130 cm³/mol. The van der Waals surface area contributed by atoms with Gasteiger partial charge in [0.05, 0.1) is 50.3 Å². The minimum Gasteiger partial charge on any atom is -0.494 e. The Labute approximate surface area is 232 Å². The summed E-state index contributed by atoms with van der Waals surface area (Å²) >= 11 is 0. The van der Waals surface area contributed by atoms with Gasteiger partial charge in [0.1, 0.15) is 17.9 Å². The molecular weight excluding hydrogens is 462 g/mol. The maximum Gasteiger partial charge on any atom is 0.295 e. The van der Waals surface area contributed by atoms with Crippen LogP contribution in [0.4, 0.5) is 0 Å². The summed E-state index contributed by atoms with van der Waals surface area (Å²) in [7, 11) is -3.22. The molecule has 3 aromatic heterocycles. The number of benzene rings is 1. The number of hydrogen-bond donors (Lipinski definition) is 1. The van der Waals surface area contributed by atoms with E-state index in [1.807, 2.05) is 0 Å². The number of nitrogens with one attached hydrogen (secondary N) is 1. The van der Waals surface area contributed by atoms with Crippen LogP contribution in [-0.4, -0.2) is 85.2 Å². The Kier molecular flexibility index (Phi) is 2.62. The third kappa shape index (κ3) is 4.08. The van der Waals surface area contributed by atoms with E-state index in [0.29, 0.717) is 0 Å². The first-order chi connectivity index (χ1) is 24.4. The largest absolute Gasteiger partial charge is 0.494 e. The fourth-order valence-electron chi connectivity index (χ4n) is 3.17. The maximum atomic E-state index is 14.0. The molecule has 0 atom stereocenters. The van der Waals surface area contributed by atoms with Crippen molar-refractivity contribution >= 4 is 28.5 Å². The smallest absolute Gasteiger partial charge is 0.295 e. The Bertz CT molecular complexity index is 2190. The van der Waals surface area contributed by atoms with Crippen molar-refractivity contribution in [2.45, 2.75) is 13.8 Å². The number of pyridine rings is 1. The molecule has 1 N–H and O–H groups in total. The quantitative estimate of drug-likeness (QED) is 0.324. The van der Waals surface area contributed by atoms with Crippen molar-refractivity contribution in [2.24, 2.45) is 0 Å². The molecule has 1 fully saturated rings. The van der Waals surface area contributed by atoms with Crippen molar-refractivity contribution in [3.63, 3.8) is 0 Å². The first-order valence-corrected chi connectivity index (χ1v) is 9.85. The monoisotopic (exact) mass is 505 g/mol. The van der Waals surface area contributed by atoms with E-state index in [-0.39, 0.29) is 16.9 Å². The number of ether oxygens (including phenoxy) is 1. The summed E-state index contributed by atoms with van der Waals surface area (Å²) in [6.07, 6.45) is 2.39. The van der Waals surface area contributed by atoms with E-state index in [1.165, 1.54) is 6.92 Å². The van der Waals surface area contributed by atoms with E-state index in [1.54, 1.807) is 0 Å². The van der Waals surface area contributed by atoms with Gasteiger partial charge in [-0.05, 0) is 25.9 Å². The lowest BCUT2D eigenvalue weighted by atomic mass is 10.1. The first-order valence-electron chi connectivity index (χ1n) is 18.8. The SMILES string of the molecule is [2H]c1c([2H])c(C(=O)N2C([2H])([2H])C([2H])([2H])N(C(=O)C(=O)c3c[nH]c4c(-n5cnc(C([2H])([2H])[2H])n5)ncc(OC([2H])([2H])[2H])c34)C([2H])([2H])C2([2H])[2H])c([2H])c([2H])c1C. The standard InChI is InChI=1S/C25H25N7O4/c1-15-4-6-17(7-5-15)24(34)30-8-10-31(11-9-30)25(35)22(33)18-12-26-21-20(18)19(36-3)13-27-23(21)32-14-28-16(2)29-32/h4-7,12-14,26H,8-11H2,1-3H3/i2D3,3D3,4D,5D,6D,7D,8D2,9D2,10D2,11D2. The van der Waals surface area contributed by atoms with Crippen LogP contribution in [-0.2, 0) is 4.79 Å². The lowest BCUT2D eigenvalue weighted by Crippen LogP contribution is -2.52. The van der Waals surface area contributed by atoms with Crippen LogP contribution in [0.2, 0.25) is 0 Å². The third-order valence-corrected chi connectivity index (χ3v) is 4.83. The van der Waals surface area contributed by atoms with Gasteiger partial charge in [-0.1, -0.05) is 17.6 Å². The van der Waals surface area contributed by atoms with E-state index in [4.69, 9.17) is 29.4 Å². The van der Waals surface area contributed by atoms with Crippen LogP contribution in [0.15, 0.2) is 42.9 Å². The second-order valence-corrected chi connectivity index (χ2v) is 7.07. The molecule has 0 bridgehead atoms. The number of piperazine rings is 1. The predicted octanol–water partition coefficient (Wildman–Crippen LogP) is 1.94. The number of ketones is 1. The molecule has 184 valence electrons. The molecule has 0 saturated carbocycles. The molecule has 2 amide bonds. The number of aromatic nitrogens is 5. The second kappa shape index (κ2) is 9.25. The fraction of sp³-hybridized carbons (Fsp3) is 0.280. The third-order valence-electron chi connectivity index (χ3n) is 4.83. The van der Waals surface area contributed by atoms with E-state index in [2.05, 4.69) is 20.1 Å². The molecule has 1 aliphatic rings. The highest BCUT2D eigenvalue weighted by Crippen LogP contribution is 2.31. The second-order valence-electron chi connectivity index (χ2n) is 7.07. The van der Waals surface area contributed by atoms with Gasteiger partial charge in [0.25, 0.3) is 17.6 Å². The van der Waals surface area contributed by atoms with Crippen molar-refractivity contribution in [1.29, 1.82) is 0 Å². The first kappa shape index (κ1) is 10.2. The van der Waals surface area contributed by atoms with Crippen LogP contribution < -0.4 is 4.74 Å². The van der Waals surface area contributed by atoms with Crippen LogP contribution in [0, 0.1) is 13.8 Å². The summed E-state index contributed by atoms with van der Waals surface area (Å²) in [5.74, 6) is -7.88. The van der Waals surface area contributed by atoms with Crippen LogP contribution >= 0.6 is 0 Å². The summed E-state index contributed by atoms with van der Waals surface area (Å²) < 4.78 is 152. The molecule has 4 heterocycles. The average molecular weight is 506 g/mol. The van der Waals surface area contributed by atoms with Crippen LogP contribution in [0.3, 0.4) is 0 Å². The van der Waals surface area contributed by atoms with Crippen molar-refractivity contribution in [2.75, 3.05) is 33.0 Å². The van der Waals surface area contributed by atoms with Gasteiger partial charge in [-0.25, -0.2) is 14.6 Å². The number of carbonyl (C=O) groups excluding carboxylic acids is 3. The van der Waals surface area contributed by atoms with Gasteiger partial charge in [-0.3, -0.25) is 14.4 Å². The van der Waals surface area contributed by atoms with Gasteiger partial charge in [-0.2, -0.15) is 5.10 Å². The van der Waals surface area contributed by atoms with Crippen molar-refractivity contribution < 1.29 is 43.8 Å². The number of H-pyrrole nitrogens is 1. The number of rotatable bonds is 5. The minimum absolute atomic E-state index is 0.249. The minimum atomic E-state index is -4.16. The molecule has 5 rings (SSSR count). The number of fused-ring (bicyclic) bond motifs is 1. The van der Waals surface area contributed by atoms with Gasteiger partial charge >= 0.3 is 0 Å². The molecule has 1 aromatic carbocycles. The number of nitrogens with zero attached hydrogens (tertiary/aromatic N) is 6. The maximum absolute atomic E-state index is 14.0. The van der Waals surface area contributed by atoms with Gasteiger partial charge in [0.15, 0.2) is 5.82 Å². The highest BCUT2D eigenvalue weighted by atomic mass is 16.5. The molecular formula is C25H25N7O4. The number of methoxy groups -OCH3 is 1. The number of aromatic amines is 1. The Hall–Kier alpha value is -4.54. The lowest BCUT2D eigenvalue weighted by Gasteiger charge is -2.34. The molecule has 0 unspecified atom stereocenters. The molecule has 1 aliphatic heterocycles. The number of aryl methyl sites for hydroxylation is 1. The van der Waals surface area contributed by atoms with Gasteiger partial charge < -0.3 is 19.5 Å². The van der Waals surface area contributed by atoms with Crippen LogP contribution in [0.25, 0.3) is 16.7 Å². The Morgan fingerprint density at radius 3 is 2.56 bits per heavy atom. The summed E-state index contributed by atoms with van der Waals surface area (Å²) in [5, 5.41) is 3.22. The molecule has 11 heteroatoms. The zero-order chi connectivity index (χ0) is 41.0. The molecule has 1 saturated heterocycles. The molecule has 0 aliphatic carbocycles. The van der Waals surface area contributed by atoms with Gasteiger partial charge in [-0.15, -0.1) is 0 Å². The summed E-state index contributed by atoms with van der Waals surface area (Å²) in [6.45, 7) is -18.2. The number of hydrogen-bond acceptors (Lipinski definition) is 7. The van der Waals surface area contributed by atoms with Crippen molar-refractivity contribution in [3.05, 3.63) is 65.4 Å². The van der Waals surface area contributed by atoms with Crippen LogP contribution in [0.5, 0.6) is 5.75 Å². The van der Waals surface area contributed by atoms with Gasteiger partial charge in [0.2, 0.25) is 0 Å². The highest BCUT2D eigenvalue weighted by molar-refractivity contribution is 6.45. The topological polar surface area (TPSA) is 126 Å². The van der Waals surface area contributed by atoms with Crippen molar-refractivity contribution in [1.82, 2.24) is 34.5 Å². The van der Waals surface area contributed by atoms with E-state index < -0.39 is 120 Å². The average Bonchev–Trinajstić information content (AvgIpc) is 3.70. The lowest BCUT2D eigenvalue weighted by molar-refractivity contribution is -0.127. The zero-order valence-electron chi connectivity index (χ0n) is 36.0. The Morgan fingerprint density at radius 2 is 1.86 bits per heavy atom. The number of carbonyl (C=O) groups is 3. The molecule has 4 aromatic rings. The molecule has 0 radical (unpaired) electrons. The van der Waals surface area contributed by atoms with E-state index in [9.17, 15) is 14.4 Å². The van der Waals surface area contributed by atoms with Crippen LogP contribution in [0.1, 0.15) is 56.8 Å². The highest BCUT2D eigenvalue weighted by Gasteiger charge is 2.31. The number of amides is 2. The Balaban J connectivity index is 1.66. The fourth-order valence-corrected chi connectivity index (χ4v) is 3.17. The summed E-state index contributed by atoms with van der Waals surface area (Å²) in [4.78, 5) is 50.5. The van der Waals surface area contributed by atoms with E-state index in [0.717, 1.165) is 23.4 Å². The molecule has 11 nitrogen and oxygen atoms in total. The normalized spacial score (nSPS) is 27.4. The Morgan fingerprint density at radius 1 is 1.11 bits per heavy atom. The van der Waals surface area contributed by atoms with Gasteiger partial charge in [0, 0.05) is 41.9 Å². The number of Topliss-reactive ketones (excluding diaryl/α,β-unsaturated/α-hetero) is 1. The van der Waals surface area contributed by atoms with E-state index >= 15 is 0 Å². The zero-order valence-corrected chi connectivity index (χ0v) is 18.0. The summed E-state index contributed by atoms with van der Waals surface area (Å²) in [5.41, 5.74) is -2.71. The molecule has 36 heavy (non-hydrogen) atoms. The van der Waals surface area contributed by atoms with Crippen molar-refractivity contribution in [3.8, 4) is 11.6 Å². The summed E-state index contributed by atoms with van der Waals surface area (Å²) in [6, 6.07) is -3.73. The molecule has 0 spiro atoms.